The van der Waals surface area contributed by atoms with E-state index < -0.39 is 0 Å². The van der Waals surface area contributed by atoms with Crippen LogP contribution in [0.4, 0.5) is 4.39 Å². The van der Waals surface area contributed by atoms with E-state index in [-0.39, 0.29) is 35.8 Å². The van der Waals surface area contributed by atoms with Gasteiger partial charge in [-0.2, -0.15) is 5.10 Å². The van der Waals surface area contributed by atoms with Gasteiger partial charge in [0.05, 0.1) is 5.69 Å². The molecule has 1 atom stereocenters. The van der Waals surface area contributed by atoms with Crippen LogP contribution in [0.2, 0.25) is 0 Å². The number of nitrogens with one attached hydrogen (secondary N) is 1. The lowest BCUT2D eigenvalue weighted by molar-refractivity contribution is -0.123. The van der Waals surface area contributed by atoms with Crippen molar-refractivity contribution in [2.45, 2.75) is 57.5 Å². The quantitative estimate of drug-likeness (QED) is 0.792. The minimum absolute atomic E-state index is 0.0926. The molecule has 2 aromatic rings. The Morgan fingerprint density at radius 1 is 1.23 bits per heavy atom. The smallest absolute Gasteiger partial charge is 0.267 e. The highest BCUT2D eigenvalue weighted by atomic mass is 19.1. The van der Waals surface area contributed by atoms with Crippen LogP contribution in [0.25, 0.3) is 11.1 Å². The first kappa shape index (κ1) is 20.7. The molecule has 0 spiro atoms. The molecule has 0 bridgehead atoms. The fourth-order valence-electron chi connectivity index (χ4n) is 4.36. The molecule has 1 unspecified atom stereocenters. The van der Waals surface area contributed by atoms with Gasteiger partial charge in [-0.05, 0) is 56.5 Å². The van der Waals surface area contributed by atoms with Gasteiger partial charge in [0.1, 0.15) is 12.4 Å². The number of hydrogen-bond acceptors (Lipinski definition) is 4. The van der Waals surface area contributed by atoms with E-state index in [1.165, 1.54) is 22.9 Å². The summed E-state index contributed by atoms with van der Waals surface area (Å²) in [6, 6.07) is 7.86. The van der Waals surface area contributed by atoms with Crippen molar-refractivity contribution in [3.8, 4) is 11.1 Å². The number of carbonyl (C=O) groups is 1. The van der Waals surface area contributed by atoms with Crippen molar-refractivity contribution in [1.82, 2.24) is 20.0 Å². The lowest BCUT2D eigenvalue weighted by atomic mass is 9.80. The molecule has 1 amide bonds. The number of nitrogens with zero attached hydrogens (tertiary/aromatic N) is 3. The van der Waals surface area contributed by atoms with Gasteiger partial charge < -0.3 is 10.2 Å². The molecule has 30 heavy (non-hydrogen) atoms. The number of hydrogen-bond donors (Lipinski definition) is 1. The van der Waals surface area contributed by atoms with Crippen molar-refractivity contribution in [1.29, 1.82) is 0 Å². The molecule has 1 aliphatic carbocycles. The third-order valence-corrected chi connectivity index (χ3v) is 6.27. The van der Waals surface area contributed by atoms with Crippen LogP contribution in [0.5, 0.6) is 0 Å². The van der Waals surface area contributed by atoms with Gasteiger partial charge in [0.2, 0.25) is 5.91 Å². The predicted molar refractivity (Wildman–Crippen MR) is 114 cm³/mol. The summed E-state index contributed by atoms with van der Waals surface area (Å²) in [6.45, 7) is 4.91. The zero-order valence-corrected chi connectivity index (χ0v) is 17.4. The van der Waals surface area contributed by atoms with Gasteiger partial charge >= 0.3 is 0 Å². The molecule has 2 heterocycles. The highest BCUT2D eigenvalue weighted by molar-refractivity contribution is 5.76. The Kier molecular flexibility index (Phi) is 6.27. The van der Waals surface area contributed by atoms with Crippen LogP contribution in [0.1, 0.15) is 50.6 Å². The van der Waals surface area contributed by atoms with Crippen molar-refractivity contribution in [3.63, 3.8) is 0 Å². The van der Waals surface area contributed by atoms with E-state index in [0.29, 0.717) is 11.1 Å². The minimum atomic E-state index is -0.343. The molecule has 6 nitrogen and oxygen atoms in total. The van der Waals surface area contributed by atoms with Gasteiger partial charge in [-0.3, -0.25) is 9.59 Å². The average Bonchev–Trinajstić information content (AvgIpc) is 2.69. The Bertz CT molecular complexity index is 970. The van der Waals surface area contributed by atoms with E-state index in [1.807, 2.05) is 0 Å². The first-order valence-electron chi connectivity index (χ1n) is 10.9. The summed E-state index contributed by atoms with van der Waals surface area (Å²) in [5.74, 6) is -0.288. The van der Waals surface area contributed by atoms with Crippen LogP contribution in [0.15, 0.2) is 35.1 Å². The summed E-state index contributed by atoms with van der Waals surface area (Å²) >= 11 is 0. The lowest BCUT2D eigenvalue weighted by Crippen LogP contribution is -2.48. The van der Waals surface area contributed by atoms with Crippen molar-refractivity contribution < 1.29 is 9.18 Å². The molecule has 1 N–H and O–H groups in total. The lowest BCUT2D eigenvalue weighted by Gasteiger charge is -2.32. The van der Waals surface area contributed by atoms with Gasteiger partial charge in [0, 0.05) is 30.1 Å². The highest BCUT2D eigenvalue weighted by Crippen LogP contribution is 2.39. The fourth-order valence-corrected chi connectivity index (χ4v) is 4.36. The molecule has 7 heteroatoms. The summed E-state index contributed by atoms with van der Waals surface area (Å²) in [5, 5.41) is 7.63. The number of rotatable bonds is 6. The molecule has 1 saturated carbocycles. The summed E-state index contributed by atoms with van der Waals surface area (Å²) in [6.07, 6.45) is 5.12. The third-order valence-electron chi connectivity index (χ3n) is 6.27. The minimum Gasteiger partial charge on any atom is -0.350 e. The summed E-state index contributed by atoms with van der Waals surface area (Å²) in [4.78, 5) is 27.7. The number of likely N-dealkylation sites (N-methyl/N-ethyl adjacent to an activating group) is 1. The summed E-state index contributed by atoms with van der Waals surface area (Å²) in [5.41, 5.74) is 1.77. The third kappa shape index (κ3) is 4.61. The van der Waals surface area contributed by atoms with Crippen LogP contribution in [0, 0.1) is 5.82 Å². The molecule has 4 rings (SSSR count). The van der Waals surface area contributed by atoms with Crippen molar-refractivity contribution in [2.24, 2.45) is 0 Å². The Labute approximate surface area is 176 Å². The van der Waals surface area contributed by atoms with Gasteiger partial charge in [0.15, 0.2) is 0 Å². The second-order valence-electron chi connectivity index (χ2n) is 8.38. The highest BCUT2D eigenvalue weighted by Gasteiger charge is 2.26. The summed E-state index contributed by atoms with van der Waals surface area (Å²) < 4.78 is 15.0. The zero-order chi connectivity index (χ0) is 21.1. The maximum atomic E-state index is 13.7. The number of likely N-dealkylation sites (tertiary alicyclic amines) is 1. The fraction of sp³-hybridized carbons (Fsp3) is 0.522. The van der Waals surface area contributed by atoms with Crippen LogP contribution < -0.4 is 10.9 Å². The van der Waals surface area contributed by atoms with Crippen molar-refractivity contribution in [2.75, 3.05) is 19.6 Å². The monoisotopic (exact) mass is 412 g/mol. The molecule has 1 aliphatic heterocycles. The van der Waals surface area contributed by atoms with Crippen LogP contribution in [-0.4, -0.2) is 46.3 Å². The van der Waals surface area contributed by atoms with Crippen LogP contribution in [-0.2, 0) is 11.3 Å². The van der Waals surface area contributed by atoms with E-state index >= 15 is 0 Å². The first-order chi connectivity index (χ1) is 14.5. The largest absolute Gasteiger partial charge is 0.350 e. The van der Waals surface area contributed by atoms with Crippen LogP contribution in [0.3, 0.4) is 0 Å². The van der Waals surface area contributed by atoms with Gasteiger partial charge in [0.25, 0.3) is 5.56 Å². The molecule has 2 aliphatic rings. The van der Waals surface area contributed by atoms with Gasteiger partial charge in [-0.25, -0.2) is 9.07 Å². The number of halogens is 1. The zero-order valence-electron chi connectivity index (χ0n) is 17.4. The summed E-state index contributed by atoms with van der Waals surface area (Å²) in [7, 11) is 0. The molecule has 1 saturated heterocycles. The van der Waals surface area contributed by atoms with Crippen LogP contribution >= 0.6 is 0 Å². The number of piperidine rings is 1. The van der Waals surface area contributed by atoms with E-state index in [2.05, 4.69) is 22.2 Å². The number of aromatic nitrogens is 2. The molecular weight excluding hydrogens is 383 g/mol. The average molecular weight is 413 g/mol. The second kappa shape index (κ2) is 9.08. The number of carbonyl (C=O) groups excluding carboxylic acids is 1. The van der Waals surface area contributed by atoms with E-state index in [9.17, 15) is 14.0 Å². The van der Waals surface area contributed by atoms with Gasteiger partial charge in [-0.1, -0.05) is 25.5 Å². The van der Waals surface area contributed by atoms with E-state index in [0.717, 1.165) is 57.4 Å². The molecule has 0 radical (unpaired) electrons. The Balaban J connectivity index is 1.55. The normalized spacial score (nSPS) is 20.0. The Morgan fingerprint density at radius 2 is 2.07 bits per heavy atom. The molecular formula is C23H29FN4O2. The van der Waals surface area contributed by atoms with Crippen molar-refractivity contribution >= 4 is 5.91 Å². The molecule has 160 valence electrons. The maximum absolute atomic E-state index is 13.7. The molecule has 1 aromatic carbocycles. The molecule has 1 aromatic heterocycles. The Morgan fingerprint density at radius 3 is 2.77 bits per heavy atom. The molecule has 2 fully saturated rings. The number of benzene rings is 1. The SMILES string of the molecule is CCN1CCCC(NC(=O)Cn2nc(C3CCC3)c(-c3cccc(F)c3)cc2=O)C1. The van der Waals surface area contributed by atoms with E-state index in [4.69, 9.17) is 0 Å². The van der Waals surface area contributed by atoms with Gasteiger partial charge in [-0.15, -0.1) is 0 Å². The predicted octanol–water partition coefficient (Wildman–Crippen LogP) is 2.92. The first-order valence-corrected chi connectivity index (χ1v) is 10.9. The Hall–Kier alpha value is -2.54. The maximum Gasteiger partial charge on any atom is 0.267 e. The second-order valence-corrected chi connectivity index (χ2v) is 8.38. The number of amides is 1. The van der Waals surface area contributed by atoms with Crippen molar-refractivity contribution in [3.05, 3.63) is 52.2 Å². The topological polar surface area (TPSA) is 67.2 Å². The standard InChI is InChI=1S/C23H29FN4O2/c1-2-27-11-5-10-19(14-27)25-21(29)15-28-22(30)13-20(17-8-4-9-18(24)12-17)23(26-28)16-6-3-7-16/h4,8-9,12-13,16,19H,2-3,5-7,10-11,14-15H2,1H3,(H,25,29). The van der Waals surface area contributed by atoms with E-state index in [1.54, 1.807) is 12.1 Å².